The second-order valence-corrected chi connectivity index (χ2v) is 15.6. The van der Waals surface area contributed by atoms with Gasteiger partial charge in [0, 0.05) is 41.7 Å². The number of rotatable bonds is 7. The molecular formula is C39H51N4O2S+. The number of amides is 1. The number of likely N-dealkylation sites (N-methyl/N-ethyl adjacent to an activating group) is 1. The molecule has 2 aromatic rings. The molecule has 0 atom stereocenters. The van der Waals surface area contributed by atoms with Gasteiger partial charge in [0.05, 0.1) is 12.7 Å². The zero-order chi connectivity index (χ0) is 33.3. The lowest BCUT2D eigenvalue weighted by Gasteiger charge is -2.24. The van der Waals surface area contributed by atoms with Crippen LogP contribution in [-0.2, 0) is 15.6 Å². The van der Waals surface area contributed by atoms with E-state index in [4.69, 9.17) is 9.73 Å². The molecule has 0 spiro atoms. The summed E-state index contributed by atoms with van der Waals surface area (Å²) in [6.07, 6.45) is 11.5. The van der Waals surface area contributed by atoms with E-state index < -0.39 is 5.60 Å². The minimum Gasteiger partial charge on any atom is -0.443 e. The van der Waals surface area contributed by atoms with Gasteiger partial charge in [0.2, 0.25) is 0 Å². The molecule has 2 aliphatic heterocycles. The van der Waals surface area contributed by atoms with E-state index in [1.807, 2.05) is 20.8 Å². The first-order valence-electron chi connectivity index (χ1n) is 16.5. The van der Waals surface area contributed by atoms with Gasteiger partial charge in [-0.2, -0.15) is 0 Å². The van der Waals surface area contributed by atoms with Crippen LogP contribution in [0.5, 0.6) is 0 Å². The van der Waals surface area contributed by atoms with Crippen molar-refractivity contribution in [3.05, 3.63) is 107 Å². The van der Waals surface area contributed by atoms with Crippen molar-refractivity contribution >= 4 is 34.4 Å². The summed E-state index contributed by atoms with van der Waals surface area (Å²) in [5.74, 6) is 0.804. The molecule has 0 radical (unpaired) electrons. The summed E-state index contributed by atoms with van der Waals surface area (Å²) < 4.78 is 5.74. The van der Waals surface area contributed by atoms with Crippen LogP contribution >= 0.6 is 11.8 Å². The summed E-state index contributed by atoms with van der Waals surface area (Å²) >= 11 is 1.62. The number of carbonyl (C=O) groups excluding carboxylic acids is 1. The smallest absolute Gasteiger partial charge is 0.416 e. The zero-order valence-electron chi connectivity index (χ0n) is 29.1. The molecule has 244 valence electrons. The van der Waals surface area contributed by atoms with Crippen LogP contribution in [-0.4, -0.2) is 48.2 Å². The number of ether oxygens (including phenoxy) is 1. The number of anilines is 1. The summed E-state index contributed by atoms with van der Waals surface area (Å²) in [6, 6.07) is 17.3. The fourth-order valence-corrected chi connectivity index (χ4v) is 7.64. The predicted molar refractivity (Wildman–Crippen MR) is 194 cm³/mol. The lowest BCUT2D eigenvalue weighted by molar-refractivity contribution is -0.540. The van der Waals surface area contributed by atoms with E-state index in [1.165, 1.54) is 39.3 Å². The third-order valence-corrected chi connectivity index (χ3v) is 10.2. The summed E-state index contributed by atoms with van der Waals surface area (Å²) in [7, 11) is 4.26. The Hall–Kier alpha value is -3.55. The molecule has 46 heavy (non-hydrogen) atoms. The largest absolute Gasteiger partial charge is 0.443 e. The highest BCUT2D eigenvalue weighted by atomic mass is 32.2. The van der Waals surface area contributed by atoms with Gasteiger partial charge < -0.3 is 15.0 Å². The number of amidine groups is 1. The molecule has 1 amide bonds. The summed E-state index contributed by atoms with van der Waals surface area (Å²) in [5, 5.41) is 2.91. The van der Waals surface area contributed by atoms with Gasteiger partial charge in [-0.25, -0.2) is 9.79 Å². The molecule has 1 fully saturated rings. The van der Waals surface area contributed by atoms with Crippen LogP contribution in [0.25, 0.3) is 0 Å². The molecule has 0 bridgehead atoms. The number of quaternary nitrogens is 1. The Kier molecular flexibility index (Phi) is 9.76. The minimum absolute atomic E-state index is 0.0175. The number of benzene rings is 2. The quantitative estimate of drug-likeness (QED) is 0.309. The highest BCUT2D eigenvalue weighted by molar-refractivity contribution is 8.14. The molecule has 3 aliphatic rings. The summed E-state index contributed by atoms with van der Waals surface area (Å²) in [4.78, 5) is 22.4. The molecule has 0 aromatic heterocycles. The SMILES string of the molecule is C[NH2+]c1ccccc1C(C)(C)C/C=C/C1=C(N=C2SCCN2C(=O)OC(C)(C)C)C(=C/C=C2/N(C)c3ccccc3C2(C)C)/CC1. The van der Waals surface area contributed by atoms with Crippen LogP contribution in [0.4, 0.5) is 16.2 Å². The van der Waals surface area contributed by atoms with Crippen LogP contribution < -0.4 is 10.2 Å². The maximum atomic E-state index is 13.1. The van der Waals surface area contributed by atoms with Crippen molar-refractivity contribution in [2.45, 2.75) is 84.2 Å². The van der Waals surface area contributed by atoms with E-state index in [1.54, 1.807) is 16.7 Å². The van der Waals surface area contributed by atoms with Crippen molar-refractivity contribution < 1.29 is 14.8 Å². The second kappa shape index (κ2) is 13.3. The standard InChI is InChI=1S/C39H50N4O2S/c1-37(2,3)45-36(44)43-25-26-46-35(43)41-34-27(15-14-24-38(4,5)29-16-10-12-18-31(29)40-8)20-21-28(34)22-23-33-39(6,7)30-17-11-13-19-32(30)42(33)9/h10-19,22-23,40H,20-21,24-26H2,1-9H3/p+1/b15-14+,28-22+,33-23+,41-35?. The van der Waals surface area contributed by atoms with Gasteiger partial charge in [0.25, 0.3) is 0 Å². The Balaban J connectivity index is 1.51. The van der Waals surface area contributed by atoms with Gasteiger partial charge in [-0.15, -0.1) is 0 Å². The fourth-order valence-electron chi connectivity index (χ4n) is 6.71. The van der Waals surface area contributed by atoms with E-state index in [0.29, 0.717) is 11.7 Å². The Morgan fingerprint density at radius 3 is 2.48 bits per heavy atom. The maximum Gasteiger partial charge on any atom is 0.416 e. The number of hydrogen-bond donors (Lipinski definition) is 1. The lowest BCUT2D eigenvalue weighted by Crippen LogP contribution is -2.73. The highest BCUT2D eigenvalue weighted by Gasteiger charge is 2.38. The Morgan fingerprint density at radius 2 is 1.76 bits per heavy atom. The van der Waals surface area contributed by atoms with Crippen LogP contribution in [0.2, 0.25) is 0 Å². The first-order chi connectivity index (χ1) is 21.7. The number of nitrogens with zero attached hydrogens (tertiary/aromatic N) is 3. The molecule has 6 nitrogen and oxygen atoms in total. The normalized spacial score (nSPS) is 21.0. The third kappa shape index (κ3) is 7.06. The highest BCUT2D eigenvalue weighted by Crippen LogP contribution is 2.47. The second-order valence-electron chi connectivity index (χ2n) is 14.6. The Labute approximate surface area is 280 Å². The van der Waals surface area contributed by atoms with Crippen LogP contribution in [0.1, 0.15) is 78.9 Å². The molecule has 0 saturated carbocycles. The van der Waals surface area contributed by atoms with Gasteiger partial charge in [0.1, 0.15) is 11.3 Å². The van der Waals surface area contributed by atoms with E-state index in [-0.39, 0.29) is 16.9 Å². The first-order valence-corrected chi connectivity index (χ1v) is 17.5. The Bertz CT molecular complexity index is 1640. The topological polar surface area (TPSA) is 61.8 Å². The number of aliphatic imine (C=N–C) groups is 1. The van der Waals surface area contributed by atoms with Gasteiger partial charge in [0.15, 0.2) is 5.17 Å². The van der Waals surface area contributed by atoms with Crippen molar-refractivity contribution in [2.24, 2.45) is 4.99 Å². The maximum absolute atomic E-state index is 13.1. The average molecular weight is 640 g/mol. The number of fused-ring (bicyclic) bond motifs is 1. The number of thioether (sulfide) groups is 1. The fraction of sp³-hybridized carbons (Fsp3) is 0.436. The molecule has 2 aromatic carbocycles. The predicted octanol–water partition coefficient (Wildman–Crippen LogP) is 8.36. The molecule has 5 rings (SSSR count). The van der Waals surface area contributed by atoms with E-state index >= 15 is 0 Å². The molecule has 1 aliphatic carbocycles. The minimum atomic E-state index is -0.564. The summed E-state index contributed by atoms with van der Waals surface area (Å²) in [5.41, 5.74) is 9.19. The number of allylic oxidation sites excluding steroid dienone is 7. The first kappa shape index (κ1) is 33.8. The van der Waals surface area contributed by atoms with Crippen molar-refractivity contribution in [1.82, 2.24) is 4.90 Å². The Morgan fingerprint density at radius 1 is 1.04 bits per heavy atom. The monoisotopic (exact) mass is 639 g/mol. The lowest BCUT2D eigenvalue weighted by atomic mass is 9.80. The van der Waals surface area contributed by atoms with Gasteiger partial charge in [-0.05, 0) is 80.4 Å². The van der Waals surface area contributed by atoms with Crippen molar-refractivity contribution in [1.29, 1.82) is 0 Å². The number of nitrogens with two attached hydrogens (primary N) is 1. The van der Waals surface area contributed by atoms with E-state index in [2.05, 4.69) is 125 Å². The van der Waals surface area contributed by atoms with Crippen LogP contribution in [0.3, 0.4) is 0 Å². The number of para-hydroxylation sites is 2. The average Bonchev–Trinajstić information content (AvgIpc) is 3.67. The van der Waals surface area contributed by atoms with Gasteiger partial charge in [-0.1, -0.05) is 94.1 Å². The van der Waals surface area contributed by atoms with E-state index in [0.717, 1.165) is 30.7 Å². The molecule has 2 heterocycles. The molecule has 7 heteroatoms. The van der Waals surface area contributed by atoms with Crippen LogP contribution in [0.15, 0.2) is 100 Å². The van der Waals surface area contributed by atoms with Crippen molar-refractivity contribution in [3.8, 4) is 0 Å². The van der Waals surface area contributed by atoms with Gasteiger partial charge in [-0.3, -0.25) is 4.90 Å². The number of hydrogen-bond acceptors (Lipinski definition) is 5. The van der Waals surface area contributed by atoms with E-state index in [9.17, 15) is 4.79 Å². The molecule has 1 saturated heterocycles. The molecule has 0 unspecified atom stereocenters. The zero-order valence-corrected chi connectivity index (χ0v) is 29.9. The van der Waals surface area contributed by atoms with Crippen LogP contribution in [0, 0.1) is 0 Å². The van der Waals surface area contributed by atoms with Gasteiger partial charge >= 0.3 is 6.09 Å². The summed E-state index contributed by atoms with van der Waals surface area (Å²) in [6.45, 7) is 15.5. The van der Waals surface area contributed by atoms with Crippen molar-refractivity contribution in [2.75, 3.05) is 31.3 Å². The number of carbonyl (C=O) groups is 1. The molecular weight excluding hydrogens is 589 g/mol. The van der Waals surface area contributed by atoms with Crippen molar-refractivity contribution in [3.63, 3.8) is 0 Å². The third-order valence-electron chi connectivity index (χ3n) is 9.20. The molecule has 2 N–H and O–H groups in total.